The molecule has 1 unspecified atom stereocenters. The molecule has 0 spiro atoms. The van der Waals surface area contributed by atoms with Crippen LogP contribution >= 0.6 is 11.6 Å². The van der Waals surface area contributed by atoms with E-state index < -0.39 is 0 Å². The lowest BCUT2D eigenvalue weighted by molar-refractivity contribution is -0.0393. The third kappa shape index (κ3) is 3.64. The standard InChI is InChI=1S/C20H17ClN6O2/c21-20-24-10-14(17-11-22-12-29-17)19(25-20)16-9-13(4-6-23-16)15-5-7-27(26-15)18-3-1-2-8-28-18/h4-7,9-12,18H,1-3,8H2. The lowest BCUT2D eigenvalue weighted by Gasteiger charge is -2.22. The van der Waals surface area contributed by atoms with Crippen molar-refractivity contribution < 1.29 is 9.15 Å². The number of rotatable bonds is 4. The lowest BCUT2D eigenvalue weighted by Crippen LogP contribution is -2.18. The van der Waals surface area contributed by atoms with Crippen LogP contribution in [0.5, 0.6) is 0 Å². The van der Waals surface area contributed by atoms with Gasteiger partial charge in [0.15, 0.2) is 12.2 Å². The van der Waals surface area contributed by atoms with Crippen LogP contribution in [0.1, 0.15) is 25.5 Å². The Hall–Kier alpha value is -3.10. The minimum atomic E-state index is -0.00228. The maximum Gasteiger partial charge on any atom is 0.222 e. The van der Waals surface area contributed by atoms with Crippen molar-refractivity contribution in [2.45, 2.75) is 25.5 Å². The molecular weight excluding hydrogens is 392 g/mol. The molecule has 29 heavy (non-hydrogen) atoms. The Balaban J connectivity index is 1.51. The molecule has 5 rings (SSSR count). The van der Waals surface area contributed by atoms with Gasteiger partial charge in [-0.25, -0.2) is 19.6 Å². The molecule has 8 nitrogen and oxygen atoms in total. The largest absolute Gasteiger partial charge is 0.443 e. The van der Waals surface area contributed by atoms with E-state index in [0.717, 1.165) is 37.1 Å². The molecule has 4 aromatic heterocycles. The molecule has 1 saturated heterocycles. The van der Waals surface area contributed by atoms with Gasteiger partial charge in [0.1, 0.15) is 11.9 Å². The molecule has 0 bridgehead atoms. The Morgan fingerprint density at radius 2 is 2.07 bits per heavy atom. The summed E-state index contributed by atoms with van der Waals surface area (Å²) in [7, 11) is 0. The molecule has 0 saturated carbocycles. The van der Waals surface area contributed by atoms with Gasteiger partial charge >= 0.3 is 0 Å². The van der Waals surface area contributed by atoms with E-state index in [1.54, 1.807) is 18.6 Å². The highest BCUT2D eigenvalue weighted by Crippen LogP contribution is 2.31. The highest BCUT2D eigenvalue weighted by atomic mass is 35.5. The molecule has 9 heteroatoms. The Labute approximate surface area is 171 Å². The molecule has 0 aliphatic carbocycles. The second-order valence-electron chi connectivity index (χ2n) is 6.70. The fourth-order valence-electron chi connectivity index (χ4n) is 3.39. The maximum absolute atomic E-state index is 6.05. The van der Waals surface area contributed by atoms with Crippen molar-refractivity contribution >= 4 is 11.6 Å². The summed E-state index contributed by atoms with van der Waals surface area (Å²) in [5.74, 6) is 0.544. The zero-order valence-electron chi connectivity index (χ0n) is 15.4. The molecule has 4 aromatic rings. The van der Waals surface area contributed by atoms with Gasteiger partial charge in [0.25, 0.3) is 0 Å². The molecule has 1 aliphatic rings. The first-order chi connectivity index (χ1) is 14.3. The van der Waals surface area contributed by atoms with Crippen LogP contribution in [0.3, 0.4) is 0 Å². The number of hydrogen-bond donors (Lipinski definition) is 0. The second kappa shape index (κ2) is 7.73. The van der Waals surface area contributed by atoms with Crippen LogP contribution in [0.25, 0.3) is 34.0 Å². The summed E-state index contributed by atoms with van der Waals surface area (Å²) in [6, 6.07) is 5.81. The average molecular weight is 409 g/mol. The van der Waals surface area contributed by atoms with Gasteiger partial charge in [-0.15, -0.1) is 0 Å². The Morgan fingerprint density at radius 3 is 2.90 bits per heavy atom. The third-order valence-corrected chi connectivity index (χ3v) is 5.00. The number of oxazole rings is 1. The van der Waals surface area contributed by atoms with E-state index in [0.29, 0.717) is 22.7 Å². The number of ether oxygens (including phenoxy) is 1. The monoisotopic (exact) mass is 408 g/mol. The number of halogens is 1. The van der Waals surface area contributed by atoms with Crippen molar-refractivity contribution in [3.05, 3.63) is 54.7 Å². The molecule has 1 aliphatic heterocycles. The van der Waals surface area contributed by atoms with Crippen molar-refractivity contribution in [3.8, 4) is 34.0 Å². The summed E-state index contributed by atoms with van der Waals surface area (Å²) in [6.07, 6.45) is 11.5. The first-order valence-electron chi connectivity index (χ1n) is 9.33. The number of aromatic nitrogens is 6. The molecule has 146 valence electrons. The molecule has 0 N–H and O–H groups in total. The van der Waals surface area contributed by atoms with Gasteiger partial charge < -0.3 is 9.15 Å². The van der Waals surface area contributed by atoms with Crippen LogP contribution in [0, 0.1) is 0 Å². The van der Waals surface area contributed by atoms with Gasteiger partial charge in [0.05, 0.1) is 23.1 Å². The second-order valence-corrected chi connectivity index (χ2v) is 7.04. The van der Waals surface area contributed by atoms with Crippen LogP contribution in [0.2, 0.25) is 5.28 Å². The smallest absolute Gasteiger partial charge is 0.222 e. The average Bonchev–Trinajstić information content (AvgIpc) is 3.47. The van der Waals surface area contributed by atoms with E-state index in [-0.39, 0.29) is 11.5 Å². The highest BCUT2D eigenvalue weighted by Gasteiger charge is 2.18. The molecule has 5 heterocycles. The summed E-state index contributed by atoms with van der Waals surface area (Å²) in [5, 5.41) is 4.84. The SMILES string of the molecule is Clc1ncc(-c2cnco2)c(-c2cc(-c3ccn(C4CCCCO4)n3)ccn2)n1. The van der Waals surface area contributed by atoms with Crippen molar-refractivity contribution in [2.24, 2.45) is 0 Å². The summed E-state index contributed by atoms with van der Waals surface area (Å²) >= 11 is 6.05. The number of nitrogens with zero attached hydrogens (tertiary/aromatic N) is 6. The summed E-state index contributed by atoms with van der Waals surface area (Å²) in [4.78, 5) is 16.9. The van der Waals surface area contributed by atoms with Gasteiger partial charge in [0, 0.05) is 30.8 Å². The molecular formula is C20H17ClN6O2. The van der Waals surface area contributed by atoms with Gasteiger partial charge in [-0.05, 0) is 49.1 Å². The minimum Gasteiger partial charge on any atom is -0.443 e. The maximum atomic E-state index is 6.05. The van der Waals surface area contributed by atoms with Crippen LogP contribution in [-0.2, 0) is 4.74 Å². The van der Waals surface area contributed by atoms with E-state index in [1.165, 1.54) is 6.39 Å². The van der Waals surface area contributed by atoms with E-state index in [9.17, 15) is 0 Å². The highest BCUT2D eigenvalue weighted by molar-refractivity contribution is 6.28. The Morgan fingerprint density at radius 1 is 1.10 bits per heavy atom. The summed E-state index contributed by atoms with van der Waals surface area (Å²) < 4.78 is 13.1. The predicted octanol–water partition coefficient (Wildman–Crippen LogP) is 4.41. The topological polar surface area (TPSA) is 91.8 Å². The normalized spacial score (nSPS) is 16.8. The molecule has 1 fully saturated rings. The quantitative estimate of drug-likeness (QED) is 0.462. The molecule has 0 radical (unpaired) electrons. The van der Waals surface area contributed by atoms with Crippen molar-refractivity contribution in [1.82, 2.24) is 29.7 Å². The van der Waals surface area contributed by atoms with Gasteiger partial charge in [0.2, 0.25) is 5.28 Å². The first kappa shape index (κ1) is 18.0. The Kier molecular flexibility index (Phi) is 4.79. The zero-order valence-corrected chi connectivity index (χ0v) is 16.2. The fourth-order valence-corrected chi connectivity index (χ4v) is 3.52. The lowest BCUT2D eigenvalue weighted by atomic mass is 10.1. The van der Waals surface area contributed by atoms with Crippen LogP contribution in [0.15, 0.2) is 53.8 Å². The van der Waals surface area contributed by atoms with Crippen LogP contribution in [0.4, 0.5) is 0 Å². The van der Waals surface area contributed by atoms with Crippen molar-refractivity contribution in [1.29, 1.82) is 0 Å². The van der Waals surface area contributed by atoms with Gasteiger partial charge in [-0.2, -0.15) is 5.10 Å². The number of hydrogen-bond acceptors (Lipinski definition) is 7. The van der Waals surface area contributed by atoms with Crippen molar-refractivity contribution in [3.63, 3.8) is 0 Å². The van der Waals surface area contributed by atoms with E-state index in [2.05, 4.69) is 19.9 Å². The summed E-state index contributed by atoms with van der Waals surface area (Å²) in [6.45, 7) is 0.776. The molecule has 1 atom stereocenters. The predicted molar refractivity (Wildman–Crippen MR) is 106 cm³/mol. The first-order valence-corrected chi connectivity index (χ1v) is 9.71. The van der Waals surface area contributed by atoms with Gasteiger partial charge in [-0.1, -0.05) is 0 Å². The molecule has 0 amide bonds. The molecule has 0 aromatic carbocycles. The van der Waals surface area contributed by atoms with Gasteiger partial charge in [-0.3, -0.25) is 4.98 Å². The fraction of sp³-hybridized carbons (Fsp3) is 0.250. The van der Waals surface area contributed by atoms with Crippen LogP contribution < -0.4 is 0 Å². The zero-order chi connectivity index (χ0) is 19.6. The third-order valence-electron chi connectivity index (χ3n) is 4.81. The minimum absolute atomic E-state index is 0.00228. The number of pyridine rings is 1. The van der Waals surface area contributed by atoms with Crippen LogP contribution in [-0.4, -0.2) is 36.3 Å². The van der Waals surface area contributed by atoms with E-state index >= 15 is 0 Å². The Bertz CT molecular complexity index is 1120. The summed E-state index contributed by atoms with van der Waals surface area (Å²) in [5.41, 5.74) is 3.63. The van der Waals surface area contributed by atoms with E-state index in [1.807, 2.05) is 29.1 Å². The van der Waals surface area contributed by atoms with Crippen molar-refractivity contribution in [2.75, 3.05) is 6.61 Å². The van der Waals surface area contributed by atoms with E-state index in [4.69, 9.17) is 25.9 Å².